The van der Waals surface area contributed by atoms with Gasteiger partial charge in [0.2, 0.25) is 0 Å². The number of carbonyl (C=O) groups is 1. The highest BCUT2D eigenvalue weighted by atomic mass is 16.5. The zero-order valence-corrected chi connectivity index (χ0v) is 9.63. The summed E-state index contributed by atoms with van der Waals surface area (Å²) in [6, 6.07) is 5.20. The molecule has 15 heavy (non-hydrogen) atoms. The lowest BCUT2D eigenvalue weighted by Gasteiger charge is -2.16. The number of nitrogens with two attached hydrogens (primary N) is 1. The fourth-order valence-corrected chi connectivity index (χ4v) is 0.972. The van der Waals surface area contributed by atoms with E-state index in [1.165, 1.54) is 0 Å². The van der Waals surface area contributed by atoms with Crippen LogP contribution in [0.25, 0.3) is 0 Å². The Balaban J connectivity index is 2.83. The molecule has 1 aromatic rings. The molecule has 82 valence electrons. The first-order chi connectivity index (χ1) is 6.80. The van der Waals surface area contributed by atoms with Crippen molar-refractivity contribution in [3.05, 3.63) is 23.8 Å². The molecule has 0 aliphatic heterocycles. The number of esters is 1. The van der Waals surface area contributed by atoms with E-state index in [1.807, 2.05) is 27.7 Å². The molecular formula is C12H17NO2. The molecule has 3 heteroatoms. The predicted molar refractivity (Wildman–Crippen MR) is 60.7 cm³/mol. The molecule has 0 atom stereocenters. The Kier molecular flexibility index (Phi) is 3.03. The summed E-state index contributed by atoms with van der Waals surface area (Å²) in [6.07, 6.45) is 0. The summed E-state index contributed by atoms with van der Waals surface area (Å²) < 4.78 is 5.22. The van der Waals surface area contributed by atoms with Crippen molar-refractivity contribution in [2.75, 3.05) is 5.73 Å². The number of aryl methyl sites for hydroxylation is 1. The molecule has 1 aromatic carbocycles. The molecule has 0 spiro atoms. The van der Waals surface area contributed by atoms with E-state index in [1.54, 1.807) is 18.2 Å². The van der Waals surface area contributed by atoms with E-state index in [0.717, 1.165) is 5.56 Å². The third-order valence-corrected chi connectivity index (χ3v) is 2.06. The van der Waals surface area contributed by atoms with Crippen molar-refractivity contribution < 1.29 is 9.53 Å². The number of ether oxygens (including phenoxy) is 1. The van der Waals surface area contributed by atoms with Crippen molar-refractivity contribution in [3.8, 4) is 5.75 Å². The Hall–Kier alpha value is -1.51. The van der Waals surface area contributed by atoms with E-state index in [9.17, 15) is 4.79 Å². The highest BCUT2D eigenvalue weighted by Crippen LogP contribution is 2.22. The number of rotatable bonds is 1. The molecule has 0 radical (unpaired) electrons. The summed E-state index contributed by atoms with van der Waals surface area (Å²) in [5.74, 6) is 0.299. The SMILES string of the molecule is Cc1cc(OC(=O)C(C)(C)C)ccc1N. The van der Waals surface area contributed by atoms with Gasteiger partial charge in [-0.2, -0.15) is 0 Å². The van der Waals surface area contributed by atoms with E-state index >= 15 is 0 Å². The van der Waals surface area contributed by atoms with Crippen LogP contribution in [0, 0.1) is 12.3 Å². The van der Waals surface area contributed by atoms with Crippen molar-refractivity contribution in [2.24, 2.45) is 5.41 Å². The van der Waals surface area contributed by atoms with Crippen LogP contribution in [0.1, 0.15) is 26.3 Å². The first kappa shape index (κ1) is 11.6. The van der Waals surface area contributed by atoms with Gasteiger partial charge in [0.1, 0.15) is 5.75 Å². The van der Waals surface area contributed by atoms with Gasteiger partial charge in [-0.15, -0.1) is 0 Å². The monoisotopic (exact) mass is 207 g/mol. The van der Waals surface area contributed by atoms with Gasteiger partial charge >= 0.3 is 5.97 Å². The molecule has 3 nitrogen and oxygen atoms in total. The van der Waals surface area contributed by atoms with Crippen molar-refractivity contribution in [1.82, 2.24) is 0 Å². The highest BCUT2D eigenvalue weighted by Gasteiger charge is 2.23. The Morgan fingerprint density at radius 3 is 2.40 bits per heavy atom. The lowest BCUT2D eigenvalue weighted by molar-refractivity contribution is -0.142. The van der Waals surface area contributed by atoms with Gasteiger partial charge in [-0.05, 0) is 51.5 Å². The molecule has 1 rings (SSSR count). The maximum Gasteiger partial charge on any atom is 0.316 e. The fourth-order valence-electron chi connectivity index (χ4n) is 0.972. The predicted octanol–water partition coefficient (Wildman–Crippen LogP) is 2.53. The number of hydrogen-bond acceptors (Lipinski definition) is 3. The molecule has 0 aromatic heterocycles. The lowest BCUT2D eigenvalue weighted by Crippen LogP contribution is -2.25. The topological polar surface area (TPSA) is 52.3 Å². The van der Waals surface area contributed by atoms with E-state index in [-0.39, 0.29) is 5.97 Å². The number of carbonyl (C=O) groups excluding carboxylic acids is 1. The van der Waals surface area contributed by atoms with Crippen LogP contribution in [0.5, 0.6) is 5.75 Å². The molecule has 0 unspecified atom stereocenters. The second-order valence-electron chi connectivity index (χ2n) is 4.66. The molecule has 0 saturated heterocycles. The first-order valence-corrected chi connectivity index (χ1v) is 4.89. The smallest absolute Gasteiger partial charge is 0.316 e. The Morgan fingerprint density at radius 1 is 1.33 bits per heavy atom. The van der Waals surface area contributed by atoms with Gasteiger partial charge in [0.05, 0.1) is 5.41 Å². The summed E-state index contributed by atoms with van der Waals surface area (Å²) in [6.45, 7) is 7.34. The summed E-state index contributed by atoms with van der Waals surface area (Å²) in [5.41, 5.74) is 6.78. The Morgan fingerprint density at radius 2 is 1.93 bits per heavy atom. The summed E-state index contributed by atoms with van der Waals surface area (Å²) in [4.78, 5) is 11.6. The van der Waals surface area contributed by atoms with Gasteiger partial charge in [-0.1, -0.05) is 0 Å². The van der Waals surface area contributed by atoms with E-state index in [4.69, 9.17) is 10.5 Å². The van der Waals surface area contributed by atoms with Gasteiger partial charge in [-0.25, -0.2) is 0 Å². The standard InChI is InChI=1S/C12H17NO2/c1-8-7-9(5-6-10(8)13)15-11(14)12(2,3)4/h5-7H,13H2,1-4H3. The van der Waals surface area contributed by atoms with Gasteiger partial charge in [0, 0.05) is 5.69 Å². The summed E-state index contributed by atoms with van der Waals surface area (Å²) >= 11 is 0. The van der Waals surface area contributed by atoms with Crippen LogP contribution in [-0.4, -0.2) is 5.97 Å². The maximum absolute atomic E-state index is 11.6. The lowest BCUT2D eigenvalue weighted by atomic mass is 9.97. The van der Waals surface area contributed by atoms with E-state index in [0.29, 0.717) is 11.4 Å². The van der Waals surface area contributed by atoms with E-state index < -0.39 is 5.41 Å². The van der Waals surface area contributed by atoms with Crippen molar-refractivity contribution in [2.45, 2.75) is 27.7 Å². The molecule has 0 bridgehead atoms. The van der Waals surface area contributed by atoms with Crippen molar-refractivity contribution in [1.29, 1.82) is 0 Å². The van der Waals surface area contributed by atoms with Crippen LogP contribution in [0.15, 0.2) is 18.2 Å². The molecule has 0 fully saturated rings. The quantitative estimate of drug-likeness (QED) is 0.437. The average molecular weight is 207 g/mol. The molecule has 0 aliphatic rings. The third-order valence-electron chi connectivity index (χ3n) is 2.06. The van der Waals surface area contributed by atoms with Crippen LogP contribution in [0.3, 0.4) is 0 Å². The van der Waals surface area contributed by atoms with E-state index in [2.05, 4.69) is 0 Å². The average Bonchev–Trinajstić information content (AvgIpc) is 2.10. The normalized spacial score (nSPS) is 11.2. The molecular weight excluding hydrogens is 190 g/mol. The third kappa shape index (κ3) is 2.98. The molecule has 0 amide bonds. The molecule has 2 N–H and O–H groups in total. The van der Waals surface area contributed by atoms with Crippen LogP contribution in [0.2, 0.25) is 0 Å². The maximum atomic E-state index is 11.6. The van der Waals surface area contributed by atoms with Gasteiger partial charge in [0.25, 0.3) is 0 Å². The minimum absolute atomic E-state index is 0.244. The number of nitrogen functional groups attached to an aromatic ring is 1. The zero-order valence-electron chi connectivity index (χ0n) is 9.63. The van der Waals surface area contributed by atoms with Crippen LogP contribution in [-0.2, 0) is 4.79 Å². The molecule has 0 heterocycles. The van der Waals surface area contributed by atoms with Crippen LogP contribution >= 0.6 is 0 Å². The number of benzene rings is 1. The zero-order chi connectivity index (χ0) is 11.6. The molecule has 0 aliphatic carbocycles. The summed E-state index contributed by atoms with van der Waals surface area (Å²) in [7, 11) is 0. The van der Waals surface area contributed by atoms with Gasteiger partial charge < -0.3 is 10.5 Å². The van der Waals surface area contributed by atoms with Gasteiger partial charge in [-0.3, -0.25) is 4.79 Å². The minimum atomic E-state index is -0.491. The fraction of sp³-hybridized carbons (Fsp3) is 0.417. The number of hydrogen-bond donors (Lipinski definition) is 1. The van der Waals surface area contributed by atoms with Crippen molar-refractivity contribution >= 4 is 11.7 Å². The minimum Gasteiger partial charge on any atom is -0.426 e. The van der Waals surface area contributed by atoms with Crippen LogP contribution < -0.4 is 10.5 Å². The second-order valence-corrected chi connectivity index (χ2v) is 4.66. The largest absolute Gasteiger partial charge is 0.426 e. The summed E-state index contributed by atoms with van der Waals surface area (Å²) in [5, 5.41) is 0. The second kappa shape index (κ2) is 3.93. The van der Waals surface area contributed by atoms with Crippen LogP contribution in [0.4, 0.5) is 5.69 Å². The number of anilines is 1. The van der Waals surface area contributed by atoms with Gasteiger partial charge in [0.15, 0.2) is 0 Å². The Bertz CT molecular complexity index is 378. The first-order valence-electron chi connectivity index (χ1n) is 4.89. The Labute approximate surface area is 90.2 Å². The highest BCUT2D eigenvalue weighted by molar-refractivity contribution is 5.78. The van der Waals surface area contributed by atoms with Crippen molar-refractivity contribution in [3.63, 3.8) is 0 Å². The molecule has 0 saturated carbocycles.